The minimum Gasteiger partial charge on any atom is -0.481 e. The predicted molar refractivity (Wildman–Crippen MR) is 93.2 cm³/mol. The average Bonchev–Trinajstić information content (AvgIpc) is 3.00. The smallest absolute Gasteiger partial charge is 0.306 e. The normalized spacial score (nSPS) is 41.7. The van der Waals surface area contributed by atoms with Gasteiger partial charge in [-0.1, -0.05) is 52.5 Å². The number of hydrogen-bond acceptors (Lipinski definition) is 3. The summed E-state index contributed by atoms with van der Waals surface area (Å²) in [6, 6.07) is 0. The molecule has 2 bridgehead atoms. The Labute approximate surface area is 167 Å². The van der Waals surface area contributed by atoms with Gasteiger partial charge in [0, 0.05) is 11.8 Å². The first-order valence-electron chi connectivity index (χ1n) is 6.91. The van der Waals surface area contributed by atoms with Gasteiger partial charge in [0.15, 0.2) is 4.33 Å². The van der Waals surface area contributed by atoms with Crippen LogP contribution in [0.2, 0.25) is 0 Å². The second kappa shape index (κ2) is 5.83. The summed E-state index contributed by atoms with van der Waals surface area (Å²) in [5.41, 5.74) is 0. The molecule has 132 valence electrons. The third-order valence-electron chi connectivity index (χ3n) is 4.72. The van der Waals surface area contributed by atoms with E-state index in [0.717, 1.165) is 0 Å². The molecule has 3 aliphatic rings. The summed E-state index contributed by atoms with van der Waals surface area (Å²) >= 11 is 38.7. The van der Waals surface area contributed by atoms with Crippen molar-refractivity contribution in [3.63, 3.8) is 0 Å². The number of alkyl halides is 4. The van der Waals surface area contributed by atoms with Gasteiger partial charge in [0.2, 0.25) is 0 Å². The largest absolute Gasteiger partial charge is 0.481 e. The van der Waals surface area contributed by atoms with Crippen molar-refractivity contribution in [1.29, 1.82) is 0 Å². The van der Waals surface area contributed by atoms with Crippen LogP contribution >= 0.6 is 69.6 Å². The molecule has 10 heteroatoms. The molecule has 0 aromatic heterocycles. The van der Waals surface area contributed by atoms with E-state index in [1.165, 1.54) is 0 Å². The first-order valence-corrected chi connectivity index (χ1v) is 9.17. The number of carbonyl (C=O) groups excluding carboxylic acids is 1. The third-order valence-corrected chi connectivity index (χ3v) is 9.02. The molecule has 0 heterocycles. The second-order valence-corrected chi connectivity index (χ2v) is 9.19. The molecule has 24 heavy (non-hydrogen) atoms. The molecule has 1 fully saturated rings. The fraction of sp³-hybridized carbons (Fsp3) is 0.571. The van der Waals surface area contributed by atoms with Gasteiger partial charge in [0.25, 0.3) is 0 Å². The highest BCUT2D eigenvalue weighted by molar-refractivity contribution is 6.65. The van der Waals surface area contributed by atoms with E-state index in [9.17, 15) is 9.59 Å². The van der Waals surface area contributed by atoms with Gasteiger partial charge in [-0.25, -0.2) is 0 Å². The summed E-state index contributed by atoms with van der Waals surface area (Å²) in [4.78, 5) is 19.5. The zero-order valence-electron chi connectivity index (χ0n) is 11.7. The summed E-state index contributed by atoms with van der Waals surface area (Å²) in [5.74, 6) is -2.88. The van der Waals surface area contributed by atoms with Gasteiger partial charge in [-0.15, -0.1) is 23.2 Å². The topological polar surface area (TPSA) is 63.6 Å². The average molecular weight is 455 g/mol. The van der Waals surface area contributed by atoms with E-state index in [1.807, 2.05) is 0 Å². The maximum absolute atomic E-state index is 11.9. The van der Waals surface area contributed by atoms with Crippen LogP contribution in [-0.2, 0) is 14.3 Å². The summed E-state index contributed by atoms with van der Waals surface area (Å²) in [6.45, 7) is 0. The molecule has 0 amide bonds. The molecule has 1 saturated carbocycles. The van der Waals surface area contributed by atoms with Crippen molar-refractivity contribution in [3.05, 3.63) is 22.2 Å². The maximum Gasteiger partial charge on any atom is 0.306 e. The maximum atomic E-state index is 11.9. The van der Waals surface area contributed by atoms with Gasteiger partial charge in [0.05, 0.1) is 22.9 Å². The quantitative estimate of drug-likeness (QED) is 0.388. The highest BCUT2D eigenvalue weighted by atomic mass is 35.5. The highest BCUT2D eigenvalue weighted by Gasteiger charge is 2.83. The Balaban J connectivity index is 1.89. The first kappa shape index (κ1) is 18.9. The molecular formula is C14H10Cl6O4. The van der Waals surface area contributed by atoms with Gasteiger partial charge in [0.1, 0.15) is 15.9 Å². The number of rotatable bonds is 4. The van der Waals surface area contributed by atoms with Gasteiger partial charge >= 0.3 is 11.9 Å². The lowest BCUT2D eigenvalue weighted by atomic mass is 9.83. The lowest BCUT2D eigenvalue weighted by Gasteiger charge is -2.35. The Morgan fingerprint density at radius 3 is 2.21 bits per heavy atom. The summed E-state index contributed by atoms with van der Waals surface area (Å²) in [5, 5.41) is 8.74. The number of carboxylic acid groups (broad SMARTS) is 1. The van der Waals surface area contributed by atoms with Crippen LogP contribution in [0.4, 0.5) is 0 Å². The molecule has 0 radical (unpaired) electrons. The monoisotopic (exact) mass is 452 g/mol. The molecule has 0 aromatic rings. The number of carboxylic acids is 1. The lowest BCUT2D eigenvalue weighted by Crippen LogP contribution is -2.47. The van der Waals surface area contributed by atoms with E-state index in [-0.39, 0.29) is 22.9 Å². The SMILES string of the molecule is O=C(O)CCC(=O)O[C@@H]1C=C[C@@H]2[C@H]1[C@@]1(Cl)C(Cl)=C(Cl)[C@@]2(Cl)C1(Cl)Cl. The number of hydrogen-bond donors (Lipinski definition) is 1. The zero-order chi connectivity index (χ0) is 18.1. The molecule has 0 aliphatic heterocycles. The molecule has 3 aliphatic carbocycles. The van der Waals surface area contributed by atoms with E-state index in [4.69, 9.17) is 79.4 Å². The lowest BCUT2D eigenvalue weighted by molar-refractivity contribution is -0.152. The Morgan fingerprint density at radius 2 is 1.62 bits per heavy atom. The van der Waals surface area contributed by atoms with Crippen molar-refractivity contribution in [1.82, 2.24) is 0 Å². The minimum atomic E-state index is -1.71. The van der Waals surface area contributed by atoms with Crippen LogP contribution in [0.3, 0.4) is 0 Å². The Hall–Kier alpha value is 0.160. The second-order valence-electron chi connectivity index (χ2n) is 5.91. The number of esters is 1. The van der Waals surface area contributed by atoms with Crippen LogP contribution in [-0.4, -0.2) is 37.2 Å². The Morgan fingerprint density at radius 1 is 1.04 bits per heavy atom. The fourth-order valence-electron chi connectivity index (χ4n) is 3.63. The van der Waals surface area contributed by atoms with Crippen LogP contribution in [0.5, 0.6) is 0 Å². The molecule has 0 spiro atoms. The molecule has 0 saturated heterocycles. The van der Waals surface area contributed by atoms with Gasteiger partial charge in [-0.05, 0) is 6.08 Å². The van der Waals surface area contributed by atoms with Gasteiger partial charge in [-0.3, -0.25) is 9.59 Å². The minimum absolute atomic E-state index is 0.0300. The van der Waals surface area contributed by atoms with Crippen molar-refractivity contribution in [2.24, 2.45) is 11.8 Å². The predicted octanol–water partition coefficient (Wildman–Crippen LogP) is 4.41. The van der Waals surface area contributed by atoms with Crippen LogP contribution in [0.15, 0.2) is 22.2 Å². The van der Waals surface area contributed by atoms with Crippen molar-refractivity contribution in [2.75, 3.05) is 0 Å². The van der Waals surface area contributed by atoms with Crippen LogP contribution in [0.25, 0.3) is 0 Å². The molecule has 0 unspecified atom stereocenters. The summed E-state index contributed by atoms with van der Waals surface area (Å²) < 4.78 is 3.64. The number of allylic oxidation sites excluding steroid dienone is 3. The number of carbonyl (C=O) groups is 2. The molecular weight excluding hydrogens is 445 g/mol. The third kappa shape index (κ3) is 2.14. The van der Waals surface area contributed by atoms with E-state index in [1.54, 1.807) is 12.2 Å². The fourth-order valence-corrected chi connectivity index (χ4v) is 6.64. The number of fused-ring (bicyclic) bond motifs is 5. The Kier molecular flexibility index (Phi) is 4.60. The van der Waals surface area contributed by atoms with Crippen molar-refractivity contribution >= 4 is 81.5 Å². The van der Waals surface area contributed by atoms with E-state index < -0.39 is 44.0 Å². The number of halogens is 6. The first-order chi connectivity index (χ1) is 11.0. The van der Waals surface area contributed by atoms with E-state index in [0.29, 0.717) is 0 Å². The highest BCUT2D eigenvalue weighted by Crippen LogP contribution is 2.78. The van der Waals surface area contributed by atoms with Crippen LogP contribution < -0.4 is 0 Å². The summed E-state index contributed by atoms with van der Waals surface area (Å²) in [7, 11) is 0. The van der Waals surface area contributed by atoms with E-state index in [2.05, 4.69) is 0 Å². The molecule has 1 N–H and O–H groups in total. The molecule has 0 aromatic carbocycles. The van der Waals surface area contributed by atoms with Crippen LogP contribution in [0.1, 0.15) is 12.8 Å². The summed E-state index contributed by atoms with van der Waals surface area (Å²) in [6.07, 6.45) is 1.92. The molecule has 3 rings (SSSR count). The molecule has 5 atom stereocenters. The van der Waals surface area contributed by atoms with E-state index >= 15 is 0 Å². The zero-order valence-corrected chi connectivity index (χ0v) is 16.3. The molecule has 4 nitrogen and oxygen atoms in total. The van der Waals surface area contributed by atoms with Crippen molar-refractivity contribution in [2.45, 2.75) is 33.0 Å². The standard InChI is InChI=1S/C14H10Cl6O4/c15-10-11(16)13(18)9-5(12(10,17)14(13,19)20)1-2-6(9)24-8(23)4-3-7(21)22/h1-2,5-6,9H,3-4H2,(H,21,22)/t5-,6-,9-,12-,13-/m1/s1. The van der Waals surface area contributed by atoms with Gasteiger partial charge < -0.3 is 9.84 Å². The Bertz CT molecular complexity index is 689. The number of aliphatic carboxylic acids is 1. The van der Waals surface area contributed by atoms with Crippen LogP contribution in [0, 0.1) is 11.8 Å². The van der Waals surface area contributed by atoms with Crippen molar-refractivity contribution < 1.29 is 19.4 Å². The number of ether oxygens (including phenoxy) is 1. The van der Waals surface area contributed by atoms with Crippen molar-refractivity contribution in [3.8, 4) is 0 Å². The van der Waals surface area contributed by atoms with Gasteiger partial charge in [-0.2, -0.15) is 0 Å².